The number of β-amino-alcohol motifs (C(OH)–C–C–N with tert-alkyl or cyclic N) is 1. The van der Waals surface area contributed by atoms with E-state index in [1.165, 1.54) is 22.0 Å². The second-order valence-corrected chi connectivity index (χ2v) is 9.64. The van der Waals surface area contributed by atoms with Crippen molar-refractivity contribution in [3.05, 3.63) is 99.7 Å². The molecule has 0 spiro atoms. The molecule has 2 N–H and O–H groups in total. The summed E-state index contributed by atoms with van der Waals surface area (Å²) in [6.07, 6.45) is 0.939. The van der Waals surface area contributed by atoms with Crippen molar-refractivity contribution in [3.63, 3.8) is 0 Å². The molecule has 2 aromatic heterocycles. The van der Waals surface area contributed by atoms with Gasteiger partial charge in [0.05, 0.1) is 18.7 Å². The Balaban J connectivity index is 1.27. The molecule has 1 aliphatic rings. The summed E-state index contributed by atoms with van der Waals surface area (Å²) in [5.41, 5.74) is 3.50. The third-order valence-corrected chi connectivity index (χ3v) is 7.29. The molecule has 0 unspecified atom stereocenters. The summed E-state index contributed by atoms with van der Waals surface area (Å²) in [5, 5.41) is 24.5. The summed E-state index contributed by atoms with van der Waals surface area (Å²) in [5.74, 6) is 0.404. The number of fused-ring (bicyclic) bond motifs is 1. The van der Waals surface area contributed by atoms with Gasteiger partial charge in [-0.25, -0.2) is 0 Å². The second kappa shape index (κ2) is 11.4. The van der Waals surface area contributed by atoms with Crippen molar-refractivity contribution in [2.45, 2.75) is 32.0 Å². The van der Waals surface area contributed by atoms with E-state index in [0.717, 1.165) is 26.2 Å². The van der Waals surface area contributed by atoms with E-state index in [-0.39, 0.29) is 24.6 Å². The fourth-order valence-corrected chi connectivity index (χ4v) is 5.43. The van der Waals surface area contributed by atoms with E-state index in [9.17, 15) is 15.0 Å². The van der Waals surface area contributed by atoms with Gasteiger partial charge in [0.25, 0.3) is 5.56 Å². The molecule has 3 heterocycles. The van der Waals surface area contributed by atoms with Crippen LogP contribution in [0.3, 0.4) is 0 Å². The van der Waals surface area contributed by atoms with Crippen molar-refractivity contribution in [1.29, 1.82) is 0 Å². The average Bonchev–Trinajstić information content (AvgIpc) is 3.42. The molecule has 194 valence electrons. The molecule has 1 atom stereocenters. The molecule has 37 heavy (non-hydrogen) atoms. The van der Waals surface area contributed by atoms with Crippen molar-refractivity contribution in [3.8, 4) is 0 Å². The summed E-state index contributed by atoms with van der Waals surface area (Å²) in [4.78, 5) is 21.8. The van der Waals surface area contributed by atoms with Gasteiger partial charge in [0.1, 0.15) is 6.33 Å². The van der Waals surface area contributed by atoms with E-state index >= 15 is 0 Å². The number of nitrogens with zero attached hydrogens (tertiary/aromatic N) is 6. The molecular weight excluding hydrogens is 468 g/mol. The van der Waals surface area contributed by atoms with Gasteiger partial charge in [-0.1, -0.05) is 60.7 Å². The standard InChI is InChI=1S/C28H34N6O3/c1-21-25(12-17-35)27(37)34-28(29-20-30-34)33(21)19-24(36)18-31-13-15-32(16-14-31)26(22-8-4-2-5-9-22)23-10-6-3-7-11-23/h2-11,20,24,26,35-36H,12-19H2,1H3/t24-/m0/s1. The van der Waals surface area contributed by atoms with Crippen LogP contribution in [-0.4, -0.2) is 84.6 Å². The van der Waals surface area contributed by atoms with Crippen LogP contribution in [-0.2, 0) is 13.0 Å². The lowest BCUT2D eigenvalue weighted by Gasteiger charge is -2.40. The van der Waals surface area contributed by atoms with Gasteiger partial charge in [-0.3, -0.25) is 14.6 Å². The Bertz CT molecular complexity index is 1320. The number of aromatic nitrogens is 4. The Hall–Kier alpha value is -3.37. The predicted octanol–water partition coefficient (Wildman–Crippen LogP) is 1.50. The fourth-order valence-electron chi connectivity index (χ4n) is 5.43. The smallest absolute Gasteiger partial charge is 0.279 e. The van der Waals surface area contributed by atoms with Crippen LogP contribution in [0.15, 0.2) is 71.8 Å². The van der Waals surface area contributed by atoms with Crippen molar-refractivity contribution < 1.29 is 10.2 Å². The highest BCUT2D eigenvalue weighted by Crippen LogP contribution is 2.29. The Kier molecular flexibility index (Phi) is 7.76. The minimum Gasteiger partial charge on any atom is -0.396 e. The van der Waals surface area contributed by atoms with E-state index in [2.05, 4.69) is 80.5 Å². The third kappa shape index (κ3) is 5.35. The van der Waals surface area contributed by atoms with Gasteiger partial charge in [0.15, 0.2) is 0 Å². The van der Waals surface area contributed by atoms with Gasteiger partial charge in [-0.05, 0) is 18.1 Å². The molecular formula is C28H34N6O3. The monoisotopic (exact) mass is 502 g/mol. The zero-order valence-corrected chi connectivity index (χ0v) is 21.1. The molecule has 2 aromatic carbocycles. The molecule has 5 rings (SSSR count). The molecule has 9 nitrogen and oxygen atoms in total. The number of hydrogen-bond acceptors (Lipinski definition) is 7. The summed E-state index contributed by atoms with van der Waals surface area (Å²) in [7, 11) is 0. The lowest BCUT2D eigenvalue weighted by Crippen LogP contribution is -2.50. The van der Waals surface area contributed by atoms with E-state index in [1.54, 1.807) is 0 Å². The van der Waals surface area contributed by atoms with Crippen LogP contribution in [0.2, 0.25) is 0 Å². The lowest BCUT2D eigenvalue weighted by atomic mass is 9.96. The van der Waals surface area contributed by atoms with Crippen LogP contribution in [0.25, 0.3) is 5.78 Å². The molecule has 0 saturated carbocycles. The molecule has 9 heteroatoms. The molecule has 1 aliphatic heterocycles. The molecule has 1 saturated heterocycles. The number of aliphatic hydroxyl groups is 2. The van der Waals surface area contributed by atoms with E-state index in [4.69, 9.17) is 0 Å². The number of piperazine rings is 1. The summed E-state index contributed by atoms with van der Waals surface area (Å²) < 4.78 is 3.08. The predicted molar refractivity (Wildman–Crippen MR) is 142 cm³/mol. The molecule has 0 amide bonds. The number of aliphatic hydroxyl groups excluding tert-OH is 2. The van der Waals surface area contributed by atoms with Gasteiger partial charge in [-0.15, -0.1) is 0 Å². The Morgan fingerprint density at radius 3 is 2.14 bits per heavy atom. The first kappa shape index (κ1) is 25.3. The van der Waals surface area contributed by atoms with Crippen molar-refractivity contribution in [1.82, 2.24) is 29.0 Å². The average molecular weight is 503 g/mol. The minimum atomic E-state index is -0.644. The minimum absolute atomic E-state index is 0.129. The number of rotatable bonds is 9. The SMILES string of the molecule is Cc1c(CCO)c(=O)n2ncnc2n1C[C@@H](O)CN1CCN(C(c2ccccc2)c2ccccc2)CC1. The maximum Gasteiger partial charge on any atom is 0.279 e. The summed E-state index contributed by atoms with van der Waals surface area (Å²) >= 11 is 0. The fraction of sp³-hybridized carbons (Fsp3) is 0.393. The van der Waals surface area contributed by atoms with Gasteiger partial charge in [0.2, 0.25) is 5.78 Å². The van der Waals surface area contributed by atoms with Crippen LogP contribution >= 0.6 is 0 Å². The maximum absolute atomic E-state index is 12.7. The van der Waals surface area contributed by atoms with Gasteiger partial charge in [-0.2, -0.15) is 14.6 Å². The van der Waals surface area contributed by atoms with Crippen LogP contribution in [0.5, 0.6) is 0 Å². The van der Waals surface area contributed by atoms with Crippen molar-refractivity contribution in [2.24, 2.45) is 0 Å². The molecule has 0 bridgehead atoms. The van der Waals surface area contributed by atoms with Crippen LogP contribution in [0, 0.1) is 6.92 Å². The first-order valence-corrected chi connectivity index (χ1v) is 12.8. The Morgan fingerprint density at radius 2 is 1.54 bits per heavy atom. The molecule has 1 fully saturated rings. The topological polar surface area (TPSA) is 99.1 Å². The maximum atomic E-state index is 12.7. The van der Waals surface area contributed by atoms with E-state index < -0.39 is 6.10 Å². The Morgan fingerprint density at radius 1 is 0.919 bits per heavy atom. The molecule has 4 aromatic rings. The highest BCUT2D eigenvalue weighted by Gasteiger charge is 2.27. The highest BCUT2D eigenvalue weighted by atomic mass is 16.3. The third-order valence-electron chi connectivity index (χ3n) is 7.29. The van der Waals surface area contributed by atoms with Crippen molar-refractivity contribution in [2.75, 3.05) is 39.3 Å². The zero-order valence-electron chi connectivity index (χ0n) is 21.1. The summed E-state index contributed by atoms with van der Waals surface area (Å²) in [6.45, 7) is 6.02. The number of benzene rings is 2. The first-order valence-electron chi connectivity index (χ1n) is 12.8. The van der Waals surface area contributed by atoms with E-state index in [1.807, 2.05) is 11.5 Å². The van der Waals surface area contributed by atoms with Gasteiger partial charge >= 0.3 is 0 Å². The second-order valence-electron chi connectivity index (χ2n) is 9.64. The normalized spacial score (nSPS) is 16.0. The van der Waals surface area contributed by atoms with Crippen molar-refractivity contribution >= 4 is 5.78 Å². The number of hydrogen-bond donors (Lipinski definition) is 2. The van der Waals surface area contributed by atoms with Crippen LogP contribution in [0.1, 0.15) is 28.4 Å². The Labute approximate surface area is 216 Å². The first-order chi connectivity index (χ1) is 18.1. The molecule has 0 aliphatic carbocycles. The molecule has 0 radical (unpaired) electrons. The van der Waals surface area contributed by atoms with E-state index in [0.29, 0.717) is 30.1 Å². The van der Waals surface area contributed by atoms with Gasteiger partial charge in [0, 0.05) is 57.0 Å². The van der Waals surface area contributed by atoms with Crippen LogP contribution < -0.4 is 5.56 Å². The van der Waals surface area contributed by atoms with Crippen LogP contribution in [0.4, 0.5) is 0 Å². The lowest BCUT2D eigenvalue weighted by molar-refractivity contribution is 0.0555. The van der Waals surface area contributed by atoms with Gasteiger partial charge < -0.3 is 14.8 Å². The summed E-state index contributed by atoms with van der Waals surface area (Å²) in [6, 6.07) is 21.4. The largest absolute Gasteiger partial charge is 0.396 e. The zero-order chi connectivity index (χ0) is 25.8. The quantitative estimate of drug-likeness (QED) is 0.358. The highest BCUT2D eigenvalue weighted by molar-refractivity contribution is 5.34.